The zero-order valence-corrected chi connectivity index (χ0v) is 16.8. The number of hydrogen-bond acceptors (Lipinski definition) is 0. The normalized spacial score (nSPS) is 18.5. The molecule has 0 amide bonds. The van der Waals surface area contributed by atoms with Gasteiger partial charge in [-0.3, -0.25) is 0 Å². The van der Waals surface area contributed by atoms with E-state index >= 15 is 0 Å². The average molecular weight is 362 g/mol. The summed E-state index contributed by atoms with van der Waals surface area (Å²) in [6, 6.07) is 0. The van der Waals surface area contributed by atoms with Crippen molar-refractivity contribution in [2.45, 2.75) is 79.1 Å². The fraction of sp³-hybridized carbons (Fsp3) is 0.600. The van der Waals surface area contributed by atoms with Crippen LogP contribution in [-0.2, 0) is 23.2 Å². The summed E-state index contributed by atoms with van der Waals surface area (Å²) in [5.41, 5.74) is 6.83. The summed E-state index contributed by atoms with van der Waals surface area (Å²) in [5.74, 6) is 0. The zero-order valence-electron chi connectivity index (χ0n) is 14.3. The van der Waals surface area contributed by atoms with Gasteiger partial charge in [0.2, 0.25) is 0 Å². The first kappa shape index (κ1) is 17.2. The van der Waals surface area contributed by atoms with Crippen molar-refractivity contribution in [3.05, 3.63) is 41.0 Å². The molecule has 0 saturated carbocycles. The standard InChI is InChI=1S/2C10H15.Zr/c2*1-3-4-5-10-7-6-9(2)8-10;/h2*6H,3-5,7H2,1-2H3;. The van der Waals surface area contributed by atoms with Crippen LogP contribution in [0.2, 0.25) is 0 Å². The van der Waals surface area contributed by atoms with Gasteiger partial charge in [-0.15, -0.1) is 0 Å². The van der Waals surface area contributed by atoms with Crippen molar-refractivity contribution < 1.29 is 23.2 Å². The molecular formula is C20H30Zr. The first-order valence-corrected chi connectivity index (χ1v) is 11.2. The molecule has 2 aliphatic rings. The number of allylic oxidation sites excluding steroid dienone is 8. The second kappa shape index (κ2) is 8.47. The van der Waals surface area contributed by atoms with Crippen LogP contribution in [0.3, 0.4) is 0 Å². The molecule has 0 aromatic carbocycles. The van der Waals surface area contributed by atoms with Gasteiger partial charge in [-0.05, 0) is 0 Å². The van der Waals surface area contributed by atoms with Crippen molar-refractivity contribution in [2.75, 3.05) is 0 Å². The van der Waals surface area contributed by atoms with Crippen molar-refractivity contribution in [3.8, 4) is 0 Å². The van der Waals surface area contributed by atoms with Gasteiger partial charge < -0.3 is 0 Å². The molecule has 114 valence electrons. The van der Waals surface area contributed by atoms with Crippen LogP contribution in [0.5, 0.6) is 0 Å². The summed E-state index contributed by atoms with van der Waals surface area (Å²) in [6.45, 7) is 9.33. The monoisotopic (exact) mass is 360 g/mol. The summed E-state index contributed by atoms with van der Waals surface area (Å²) < 4.78 is 3.68. The van der Waals surface area contributed by atoms with E-state index in [-0.39, 0.29) is 0 Å². The van der Waals surface area contributed by atoms with Crippen LogP contribution in [-0.4, -0.2) is 0 Å². The maximum atomic E-state index is 2.49. The van der Waals surface area contributed by atoms with Crippen molar-refractivity contribution in [1.29, 1.82) is 0 Å². The minimum absolute atomic E-state index is 0.585. The molecule has 0 aliphatic heterocycles. The molecule has 2 aliphatic carbocycles. The molecule has 0 spiro atoms. The summed E-state index contributed by atoms with van der Waals surface area (Å²) in [7, 11) is 0. The maximum absolute atomic E-state index is 2.49. The number of unbranched alkanes of at least 4 members (excludes halogenated alkanes) is 2. The molecule has 1 heteroatoms. The van der Waals surface area contributed by atoms with Gasteiger partial charge >= 0.3 is 143 Å². The Morgan fingerprint density at radius 2 is 1.24 bits per heavy atom. The van der Waals surface area contributed by atoms with E-state index in [1.807, 2.05) is 6.56 Å². The Labute approximate surface area is 143 Å². The number of hydrogen-bond donors (Lipinski definition) is 0. The Morgan fingerprint density at radius 1 is 0.810 bits per heavy atom. The van der Waals surface area contributed by atoms with E-state index in [1.54, 1.807) is 22.3 Å². The topological polar surface area (TPSA) is 0 Å². The molecule has 0 nitrogen and oxygen atoms in total. The van der Waals surface area contributed by atoms with Crippen LogP contribution in [0.1, 0.15) is 79.1 Å². The Kier molecular flexibility index (Phi) is 6.94. The average Bonchev–Trinajstić information content (AvgIpc) is 3.00. The summed E-state index contributed by atoms with van der Waals surface area (Å²) >= 11 is -0.585. The van der Waals surface area contributed by atoms with Gasteiger partial charge in [-0.1, -0.05) is 0 Å². The van der Waals surface area contributed by atoms with Crippen LogP contribution in [0.4, 0.5) is 0 Å². The van der Waals surface area contributed by atoms with Crippen LogP contribution >= 0.6 is 0 Å². The minimum atomic E-state index is -0.585. The van der Waals surface area contributed by atoms with Gasteiger partial charge in [0.05, 0.1) is 0 Å². The molecule has 0 atom stereocenters. The Balaban J connectivity index is 2.16. The molecular weight excluding hydrogens is 331 g/mol. The van der Waals surface area contributed by atoms with Crippen molar-refractivity contribution in [1.82, 2.24) is 0 Å². The van der Waals surface area contributed by atoms with Crippen LogP contribution in [0, 0.1) is 0 Å². The SMILES string of the molecule is CCCCC1=[C]([Zr][C]2=C(CCCC)CC=C2C)C(C)=CC1. The summed E-state index contributed by atoms with van der Waals surface area (Å²) in [4.78, 5) is 0. The van der Waals surface area contributed by atoms with Gasteiger partial charge in [-0.25, -0.2) is 0 Å². The molecule has 2 rings (SSSR count). The second-order valence-electron chi connectivity index (χ2n) is 6.47. The molecule has 21 heavy (non-hydrogen) atoms. The Hall–Kier alpha value is -0.157. The Morgan fingerprint density at radius 3 is 1.62 bits per heavy atom. The third-order valence-corrected chi connectivity index (χ3v) is 9.63. The molecule has 0 saturated heterocycles. The van der Waals surface area contributed by atoms with Crippen LogP contribution < -0.4 is 0 Å². The molecule has 0 fully saturated rings. The van der Waals surface area contributed by atoms with Crippen molar-refractivity contribution in [2.24, 2.45) is 0 Å². The van der Waals surface area contributed by atoms with E-state index in [0.29, 0.717) is 0 Å². The van der Waals surface area contributed by atoms with E-state index in [0.717, 1.165) is 0 Å². The molecule has 0 heterocycles. The summed E-state index contributed by atoms with van der Waals surface area (Å²) in [5, 5.41) is 0. The molecule has 0 N–H and O–H groups in total. The zero-order chi connectivity index (χ0) is 15.2. The van der Waals surface area contributed by atoms with Crippen LogP contribution in [0.15, 0.2) is 41.0 Å². The van der Waals surface area contributed by atoms with E-state index in [4.69, 9.17) is 0 Å². The molecule has 0 bridgehead atoms. The number of rotatable bonds is 8. The fourth-order valence-electron chi connectivity index (χ4n) is 3.25. The predicted molar refractivity (Wildman–Crippen MR) is 89.9 cm³/mol. The van der Waals surface area contributed by atoms with Gasteiger partial charge in [0.15, 0.2) is 0 Å². The predicted octanol–water partition coefficient (Wildman–Crippen LogP) is 6.66. The first-order chi connectivity index (χ1) is 10.2. The van der Waals surface area contributed by atoms with E-state index in [1.165, 1.54) is 51.4 Å². The van der Waals surface area contributed by atoms with Gasteiger partial charge in [0.1, 0.15) is 0 Å². The second-order valence-corrected chi connectivity index (χ2v) is 9.54. The van der Waals surface area contributed by atoms with Gasteiger partial charge in [0.25, 0.3) is 0 Å². The van der Waals surface area contributed by atoms with Gasteiger partial charge in [0, 0.05) is 0 Å². The quantitative estimate of drug-likeness (QED) is 0.453. The first-order valence-electron chi connectivity index (χ1n) is 8.72. The summed E-state index contributed by atoms with van der Waals surface area (Å²) in [6.07, 6.45) is 15.6. The third-order valence-electron chi connectivity index (χ3n) is 4.72. The van der Waals surface area contributed by atoms with E-state index in [9.17, 15) is 0 Å². The fourth-order valence-corrected chi connectivity index (χ4v) is 7.32. The van der Waals surface area contributed by atoms with E-state index < -0.39 is 23.2 Å². The molecule has 0 aromatic heterocycles. The third kappa shape index (κ3) is 4.41. The Bertz CT molecular complexity index is 454. The van der Waals surface area contributed by atoms with E-state index in [2.05, 4.69) is 39.8 Å². The van der Waals surface area contributed by atoms with Crippen LogP contribution in [0.25, 0.3) is 0 Å². The molecule has 0 aromatic rings. The van der Waals surface area contributed by atoms with Gasteiger partial charge in [-0.2, -0.15) is 0 Å². The van der Waals surface area contributed by atoms with Crippen molar-refractivity contribution >= 4 is 0 Å². The molecule has 0 radical (unpaired) electrons. The van der Waals surface area contributed by atoms with Crippen molar-refractivity contribution in [3.63, 3.8) is 0 Å². The molecule has 0 unspecified atom stereocenters.